The molecule has 2 unspecified atom stereocenters. The van der Waals surface area contributed by atoms with E-state index in [1.54, 1.807) is 25.1 Å². The zero-order chi connectivity index (χ0) is 12.8. The van der Waals surface area contributed by atoms with Gasteiger partial charge in [0.25, 0.3) is 0 Å². The standard InChI is InChI=1S/C13H20O4/c1-4-16-11-7-6-10(13(15)9(3)14)8-12(11)17-5-2/h6-9,13-15H,4-5H2,1-3H3. The predicted octanol–water partition coefficient (Wildman–Crippen LogP) is 1.90. The van der Waals surface area contributed by atoms with Crippen molar-refractivity contribution in [3.8, 4) is 11.5 Å². The molecule has 1 rings (SSSR count). The first-order valence-electron chi connectivity index (χ1n) is 5.85. The second kappa shape index (κ2) is 6.47. The van der Waals surface area contributed by atoms with Gasteiger partial charge in [-0.15, -0.1) is 0 Å². The van der Waals surface area contributed by atoms with E-state index in [1.807, 2.05) is 13.8 Å². The van der Waals surface area contributed by atoms with Gasteiger partial charge in [0.05, 0.1) is 19.3 Å². The molecule has 0 saturated carbocycles. The molecule has 0 radical (unpaired) electrons. The third kappa shape index (κ3) is 3.61. The molecule has 0 bridgehead atoms. The SMILES string of the molecule is CCOc1ccc(C(O)C(C)O)cc1OCC. The van der Waals surface area contributed by atoms with Crippen molar-refractivity contribution < 1.29 is 19.7 Å². The fourth-order valence-corrected chi connectivity index (χ4v) is 1.53. The van der Waals surface area contributed by atoms with Gasteiger partial charge in [0, 0.05) is 0 Å². The molecule has 0 heterocycles. The number of ether oxygens (including phenoxy) is 2. The Labute approximate surface area is 102 Å². The van der Waals surface area contributed by atoms with Crippen LogP contribution >= 0.6 is 0 Å². The van der Waals surface area contributed by atoms with E-state index in [9.17, 15) is 10.2 Å². The average molecular weight is 240 g/mol. The van der Waals surface area contributed by atoms with E-state index >= 15 is 0 Å². The zero-order valence-electron chi connectivity index (χ0n) is 10.5. The Morgan fingerprint density at radius 1 is 1.06 bits per heavy atom. The van der Waals surface area contributed by atoms with Crippen molar-refractivity contribution in [2.75, 3.05) is 13.2 Å². The quantitative estimate of drug-likeness (QED) is 0.797. The summed E-state index contributed by atoms with van der Waals surface area (Å²) in [5.74, 6) is 1.24. The third-order valence-corrected chi connectivity index (χ3v) is 2.37. The highest BCUT2D eigenvalue weighted by Crippen LogP contribution is 2.31. The van der Waals surface area contributed by atoms with Crippen LogP contribution in [-0.4, -0.2) is 29.5 Å². The second-order valence-corrected chi connectivity index (χ2v) is 3.76. The summed E-state index contributed by atoms with van der Waals surface area (Å²) < 4.78 is 10.9. The molecule has 4 nitrogen and oxygen atoms in total. The molecule has 0 amide bonds. The summed E-state index contributed by atoms with van der Waals surface area (Å²) in [5, 5.41) is 19.1. The van der Waals surface area contributed by atoms with E-state index in [1.165, 1.54) is 0 Å². The smallest absolute Gasteiger partial charge is 0.161 e. The first-order valence-corrected chi connectivity index (χ1v) is 5.85. The minimum Gasteiger partial charge on any atom is -0.490 e. The Hall–Kier alpha value is -1.26. The number of hydrogen-bond donors (Lipinski definition) is 2. The Kier molecular flexibility index (Phi) is 5.25. The lowest BCUT2D eigenvalue weighted by molar-refractivity contribution is 0.0303. The normalized spacial score (nSPS) is 14.2. The van der Waals surface area contributed by atoms with Crippen molar-refractivity contribution in [2.24, 2.45) is 0 Å². The molecule has 2 atom stereocenters. The molecule has 1 aromatic rings. The van der Waals surface area contributed by atoms with Crippen LogP contribution in [0, 0.1) is 0 Å². The van der Waals surface area contributed by atoms with Crippen LogP contribution in [0.1, 0.15) is 32.4 Å². The Morgan fingerprint density at radius 3 is 2.18 bits per heavy atom. The van der Waals surface area contributed by atoms with Crippen molar-refractivity contribution >= 4 is 0 Å². The summed E-state index contributed by atoms with van der Waals surface area (Å²) in [5.41, 5.74) is 0.618. The largest absolute Gasteiger partial charge is 0.490 e. The van der Waals surface area contributed by atoms with Crippen molar-refractivity contribution in [3.05, 3.63) is 23.8 Å². The lowest BCUT2D eigenvalue weighted by atomic mass is 10.0. The highest BCUT2D eigenvalue weighted by molar-refractivity contribution is 5.43. The molecule has 1 aromatic carbocycles. The molecular formula is C13H20O4. The molecule has 0 aliphatic carbocycles. The van der Waals surface area contributed by atoms with Crippen LogP contribution in [0.3, 0.4) is 0 Å². The zero-order valence-corrected chi connectivity index (χ0v) is 10.5. The van der Waals surface area contributed by atoms with Gasteiger partial charge in [-0.1, -0.05) is 6.07 Å². The lowest BCUT2D eigenvalue weighted by Gasteiger charge is -2.17. The second-order valence-electron chi connectivity index (χ2n) is 3.76. The maximum absolute atomic E-state index is 9.76. The molecule has 0 aromatic heterocycles. The van der Waals surface area contributed by atoms with Crippen molar-refractivity contribution in [1.82, 2.24) is 0 Å². The van der Waals surface area contributed by atoms with Crippen LogP contribution in [-0.2, 0) is 0 Å². The van der Waals surface area contributed by atoms with Gasteiger partial charge >= 0.3 is 0 Å². The Morgan fingerprint density at radius 2 is 1.65 bits per heavy atom. The van der Waals surface area contributed by atoms with E-state index < -0.39 is 12.2 Å². The van der Waals surface area contributed by atoms with Crippen molar-refractivity contribution in [1.29, 1.82) is 0 Å². The van der Waals surface area contributed by atoms with Crippen LogP contribution in [0.25, 0.3) is 0 Å². The monoisotopic (exact) mass is 240 g/mol. The summed E-state index contributed by atoms with van der Waals surface area (Å²) in [6, 6.07) is 5.17. The molecular weight excluding hydrogens is 220 g/mol. The van der Waals surface area contributed by atoms with E-state index in [4.69, 9.17) is 9.47 Å². The lowest BCUT2D eigenvalue weighted by Crippen LogP contribution is -2.14. The van der Waals surface area contributed by atoms with Crippen LogP contribution in [0.4, 0.5) is 0 Å². The van der Waals surface area contributed by atoms with Gasteiger partial charge in [0.1, 0.15) is 6.10 Å². The van der Waals surface area contributed by atoms with E-state index in [-0.39, 0.29) is 0 Å². The van der Waals surface area contributed by atoms with Crippen LogP contribution < -0.4 is 9.47 Å². The number of rotatable bonds is 6. The molecule has 0 spiro atoms. The Bertz CT molecular complexity index is 349. The van der Waals surface area contributed by atoms with Crippen LogP contribution in [0.2, 0.25) is 0 Å². The highest BCUT2D eigenvalue weighted by Gasteiger charge is 2.16. The minimum absolute atomic E-state index is 0.522. The van der Waals surface area contributed by atoms with Gasteiger partial charge in [-0.2, -0.15) is 0 Å². The molecule has 96 valence electrons. The highest BCUT2D eigenvalue weighted by atomic mass is 16.5. The number of aliphatic hydroxyl groups is 2. The fraction of sp³-hybridized carbons (Fsp3) is 0.538. The molecule has 0 aliphatic heterocycles. The first-order chi connectivity index (χ1) is 8.10. The Balaban J connectivity index is 3.00. The first kappa shape index (κ1) is 13.8. The van der Waals surface area contributed by atoms with Gasteiger partial charge in [0.15, 0.2) is 11.5 Å². The maximum Gasteiger partial charge on any atom is 0.161 e. The number of benzene rings is 1. The molecule has 2 N–H and O–H groups in total. The van der Waals surface area contributed by atoms with E-state index in [2.05, 4.69) is 0 Å². The predicted molar refractivity (Wildman–Crippen MR) is 65.4 cm³/mol. The molecule has 0 fully saturated rings. The maximum atomic E-state index is 9.76. The number of hydrogen-bond acceptors (Lipinski definition) is 4. The van der Waals surface area contributed by atoms with Gasteiger partial charge < -0.3 is 19.7 Å². The van der Waals surface area contributed by atoms with Gasteiger partial charge in [0.2, 0.25) is 0 Å². The van der Waals surface area contributed by atoms with Crippen molar-refractivity contribution in [3.63, 3.8) is 0 Å². The summed E-state index contributed by atoms with van der Waals surface area (Å²) in [7, 11) is 0. The minimum atomic E-state index is -0.912. The van der Waals surface area contributed by atoms with E-state index in [0.717, 1.165) is 0 Å². The van der Waals surface area contributed by atoms with Gasteiger partial charge in [-0.25, -0.2) is 0 Å². The average Bonchev–Trinajstić information content (AvgIpc) is 2.31. The topological polar surface area (TPSA) is 58.9 Å². The summed E-state index contributed by atoms with van der Waals surface area (Å²) >= 11 is 0. The third-order valence-electron chi connectivity index (χ3n) is 2.37. The van der Waals surface area contributed by atoms with E-state index in [0.29, 0.717) is 30.3 Å². The molecule has 0 saturated heterocycles. The van der Waals surface area contributed by atoms with Gasteiger partial charge in [-0.3, -0.25) is 0 Å². The number of aliphatic hydroxyl groups excluding tert-OH is 2. The molecule has 17 heavy (non-hydrogen) atoms. The summed E-state index contributed by atoms with van der Waals surface area (Å²) in [6.45, 7) is 6.40. The summed E-state index contributed by atoms with van der Waals surface area (Å²) in [4.78, 5) is 0. The van der Waals surface area contributed by atoms with Crippen molar-refractivity contribution in [2.45, 2.75) is 33.0 Å². The molecule has 0 aliphatic rings. The summed E-state index contributed by atoms with van der Waals surface area (Å²) in [6.07, 6.45) is -1.73. The fourth-order valence-electron chi connectivity index (χ4n) is 1.53. The van der Waals surface area contributed by atoms with Crippen LogP contribution in [0.5, 0.6) is 11.5 Å². The van der Waals surface area contributed by atoms with Gasteiger partial charge in [-0.05, 0) is 38.5 Å². The molecule has 4 heteroatoms. The van der Waals surface area contributed by atoms with Crippen LogP contribution in [0.15, 0.2) is 18.2 Å².